The molecule has 27 heavy (non-hydrogen) atoms. The number of para-hydroxylation sites is 1. The van der Waals surface area contributed by atoms with Gasteiger partial charge < -0.3 is 10.3 Å². The lowest BCUT2D eigenvalue weighted by Crippen LogP contribution is -2.27. The maximum Gasteiger partial charge on any atom is 0.416 e. The van der Waals surface area contributed by atoms with Crippen LogP contribution >= 0.6 is 0 Å². The molecule has 7 heteroatoms. The molecule has 0 spiro atoms. The van der Waals surface area contributed by atoms with Crippen molar-refractivity contribution >= 4 is 16.8 Å². The monoisotopic (exact) mass is 374 g/mol. The summed E-state index contributed by atoms with van der Waals surface area (Å²) in [7, 11) is 0. The van der Waals surface area contributed by atoms with E-state index in [0.717, 1.165) is 40.7 Å². The van der Waals surface area contributed by atoms with Crippen molar-refractivity contribution in [1.82, 2.24) is 10.3 Å². The molecule has 0 saturated carbocycles. The number of halogens is 3. The number of alkyl halides is 3. The first-order valence-corrected chi connectivity index (χ1v) is 8.33. The van der Waals surface area contributed by atoms with Crippen molar-refractivity contribution in [3.05, 3.63) is 81.1 Å². The third kappa shape index (κ3) is 4.19. The smallest absolute Gasteiger partial charge is 0.352 e. The fraction of sp³-hybridized carbons (Fsp3) is 0.200. The fourth-order valence-electron chi connectivity index (χ4n) is 2.84. The van der Waals surface area contributed by atoms with Gasteiger partial charge >= 0.3 is 6.18 Å². The van der Waals surface area contributed by atoms with Gasteiger partial charge in [-0.3, -0.25) is 9.59 Å². The van der Waals surface area contributed by atoms with Crippen LogP contribution in [0.4, 0.5) is 13.2 Å². The number of aromatic nitrogens is 1. The third-order valence-electron chi connectivity index (χ3n) is 4.32. The van der Waals surface area contributed by atoms with Crippen molar-refractivity contribution in [3.63, 3.8) is 0 Å². The number of hydrogen-bond donors (Lipinski definition) is 2. The van der Waals surface area contributed by atoms with Gasteiger partial charge in [0, 0.05) is 17.7 Å². The lowest BCUT2D eigenvalue weighted by atomic mass is 10.1. The number of H-pyrrole nitrogens is 1. The predicted octanol–water partition coefficient (Wildman–Crippen LogP) is 3.83. The molecule has 2 aromatic carbocycles. The average molecular weight is 374 g/mol. The Morgan fingerprint density at radius 3 is 2.48 bits per heavy atom. The Bertz CT molecular complexity index is 1040. The average Bonchev–Trinajstić information content (AvgIpc) is 2.62. The minimum absolute atomic E-state index is 0.131. The Morgan fingerprint density at radius 1 is 1.11 bits per heavy atom. The quantitative estimate of drug-likeness (QED) is 0.729. The predicted molar refractivity (Wildman–Crippen MR) is 96.8 cm³/mol. The van der Waals surface area contributed by atoms with E-state index in [1.54, 1.807) is 6.07 Å². The van der Waals surface area contributed by atoms with Crippen LogP contribution in [0.1, 0.15) is 27.0 Å². The van der Waals surface area contributed by atoms with Gasteiger partial charge in [0.1, 0.15) is 0 Å². The zero-order valence-corrected chi connectivity index (χ0v) is 14.5. The van der Waals surface area contributed by atoms with Gasteiger partial charge in [0.2, 0.25) is 0 Å². The van der Waals surface area contributed by atoms with Crippen LogP contribution in [0.15, 0.2) is 53.3 Å². The number of aryl methyl sites for hydroxylation is 1. The maximum absolute atomic E-state index is 12.6. The summed E-state index contributed by atoms with van der Waals surface area (Å²) in [5.74, 6) is -0.489. The van der Waals surface area contributed by atoms with Crippen LogP contribution in [0.3, 0.4) is 0 Å². The summed E-state index contributed by atoms with van der Waals surface area (Å²) in [6.07, 6.45) is -4.13. The topological polar surface area (TPSA) is 62.0 Å². The van der Waals surface area contributed by atoms with Gasteiger partial charge in [-0.2, -0.15) is 13.2 Å². The number of amides is 1. The minimum Gasteiger partial charge on any atom is -0.352 e. The van der Waals surface area contributed by atoms with Crippen molar-refractivity contribution in [3.8, 4) is 0 Å². The maximum atomic E-state index is 12.6. The van der Waals surface area contributed by atoms with Gasteiger partial charge in [-0.25, -0.2) is 0 Å². The van der Waals surface area contributed by atoms with Crippen LogP contribution in [-0.4, -0.2) is 17.4 Å². The van der Waals surface area contributed by atoms with Crippen molar-refractivity contribution in [2.75, 3.05) is 6.54 Å². The molecule has 0 bridgehead atoms. The summed E-state index contributed by atoms with van der Waals surface area (Å²) in [6, 6.07) is 11.5. The molecule has 0 atom stereocenters. The molecule has 3 aromatic rings. The molecule has 0 radical (unpaired) electrons. The molecule has 4 nitrogen and oxygen atoms in total. The molecular formula is C20H17F3N2O2. The van der Waals surface area contributed by atoms with E-state index in [1.807, 2.05) is 25.1 Å². The molecule has 1 amide bonds. The highest BCUT2D eigenvalue weighted by Crippen LogP contribution is 2.29. The van der Waals surface area contributed by atoms with Gasteiger partial charge in [0.15, 0.2) is 0 Å². The number of fused-ring (bicyclic) bond motifs is 1. The molecule has 3 rings (SSSR count). The van der Waals surface area contributed by atoms with E-state index in [1.165, 1.54) is 0 Å². The van der Waals surface area contributed by atoms with Gasteiger partial charge in [0.05, 0.1) is 11.1 Å². The SMILES string of the molecule is Cc1cccc2cc(CCNC(=O)c3ccc(C(F)(F)F)cc3)c(=O)[nH]c12. The number of hydrogen-bond acceptors (Lipinski definition) is 2. The lowest BCUT2D eigenvalue weighted by Gasteiger charge is -2.09. The molecule has 2 N–H and O–H groups in total. The highest BCUT2D eigenvalue weighted by atomic mass is 19.4. The van der Waals surface area contributed by atoms with E-state index >= 15 is 0 Å². The Labute approximate surface area is 153 Å². The van der Waals surface area contributed by atoms with E-state index in [4.69, 9.17) is 0 Å². The lowest BCUT2D eigenvalue weighted by molar-refractivity contribution is -0.137. The van der Waals surface area contributed by atoms with Crippen LogP contribution in [-0.2, 0) is 12.6 Å². The molecule has 0 unspecified atom stereocenters. The molecular weight excluding hydrogens is 357 g/mol. The van der Waals surface area contributed by atoms with Crippen LogP contribution in [0.2, 0.25) is 0 Å². The number of rotatable bonds is 4. The summed E-state index contributed by atoms with van der Waals surface area (Å²) in [6.45, 7) is 2.10. The number of carbonyl (C=O) groups excluding carboxylic acids is 1. The standard InChI is InChI=1S/C20H17F3N2O2/c1-12-3-2-4-14-11-15(19(27)25-17(12)14)9-10-24-18(26)13-5-7-16(8-6-13)20(21,22)23/h2-8,11H,9-10H2,1H3,(H,24,26)(H,25,27). The van der Waals surface area contributed by atoms with Gasteiger partial charge in [-0.05, 0) is 54.6 Å². The van der Waals surface area contributed by atoms with Crippen molar-refractivity contribution in [2.45, 2.75) is 19.5 Å². The van der Waals surface area contributed by atoms with Gasteiger partial charge in [-0.1, -0.05) is 18.2 Å². The number of benzene rings is 2. The largest absolute Gasteiger partial charge is 0.416 e. The summed E-state index contributed by atoms with van der Waals surface area (Å²) in [4.78, 5) is 27.1. The van der Waals surface area contributed by atoms with Gasteiger partial charge in [-0.15, -0.1) is 0 Å². The molecule has 0 fully saturated rings. The molecule has 0 aliphatic heterocycles. The van der Waals surface area contributed by atoms with Crippen molar-refractivity contribution in [2.24, 2.45) is 0 Å². The number of nitrogens with one attached hydrogen (secondary N) is 2. The first-order valence-electron chi connectivity index (χ1n) is 8.33. The van der Waals surface area contributed by atoms with E-state index in [-0.39, 0.29) is 17.7 Å². The molecule has 0 aliphatic carbocycles. The van der Waals surface area contributed by atoms with Crippen molar-refractivity contribution < 1.29 is 18.0 Å². The Balaban J connectivity index is 1.66. The summed E-state index contributed by atoms with van der Waals surface area (Å²) in [5, 5.41) is 3.52. The Hall–Kier alpha value is -3.09. The number of carbonyl (C=O) groups is 1. The Kier molecular flexibility index (Phi) is 5.03. The van der Waals surface area contributed by atoms with Crippen LogP contribution in [0.25, 0.3) is 10.9 Å². The first-order chi connectivity index (χ1) is 12.8. The van der Waals surface area contributed by atoms with E-state index in [0.29, 0.717) is 12.0 Å². The highest BCUT2D eigenvalue weighted by Gasteiger charge is 2.30. The zero-order valence-electron chi connectivity index (χ0n) is 14.5. The molecule has 140 valence electrons. The minimum atomic E-state index is -4.44. The number of pyridine rings is 1. The summed E-state index contributed by atoms with van der Waals surface area (Å²) < 4.78 is 37.7. The fourth-order valence-corrected chi connectivity index (χ4v) is 2.84. The van der Waals surface area contributed by atoms with Crippen LogP contribution < -0.4 is 10.9 Å². The molecule has 0 aliphatic rings. The second-order valence-electron chi connectivity index (χ2n) is 6.24. The summed E-state index contributed by atoms with van der Waals surface area (Å²) in [5.41, 5.74) is 1.37. The van der Waals surface area contributed by atoms with Crippen LogP contribution in [0.5, 0.6) is 0 Å². The first kappa shape index (κ1) is 18.7. The summed E-state index contributed by atoms with van der Waals surface area (Å²) >= 11 is 0. The van der Waals surface area contributed by atoms with E-state index < -0.39 is 17.6 Å². The number of aromatic amines is 1. The van der Waals surface area contributed by atoms with Crippen molar-refractivity contribution in [1.29, 1.82) is 0 Å². The van der Waals surface area contributed by atoms with Crippen LogP contribution in [0, 0.1) is 6.92 Å². The van der Waals surface area contributed by atoms with E-state index in [9.17, 15) is 22.8 Å². The van der Waals surface area contributed by atoms with Gasteiger partial charge in [0.25, 0.3) is 11.5 Å². The Morgan fingerprint density at radius 2 is 1.81 bits per heavy atom. The zero-order chi connectivity index (χ0) is 19.6. The molecule has 1 aromatic heterocycles. The van der Waals surface area contributed by atoms with E-state index in [2.05, 4.69) is 10.3 Å². The third-order valence-corrected chi connectivity index (χ3v) is 4.32. The second-order valence-corrected chi connectivity index (χ2v) is 6.24. The molecule has 1 heterocycles. The second kappa shape index (κ2) is 7.26. The highest BCUT2D eigenvalue weighted by molar-refractivity contribution is 5.94. The molecule has 0 saturated heterocycles. The normalized spacial score (nSPS) is 11.6.